The van der Waals surface area contributed by atoms with Crippen molar-refractivity contribution in [2.45, 2.75) is 25.7 Å². The van der Waals surface area contributed by atoms with Crippen molar-refractivity contribution in [1.29, 1.82) is 0 Å². The third kappa shape index (κ3) is 2.28. The van der Waals surface area contributed by atoms with Crippen LogP contribution in [0.5, 0.6) is 11.5 Å². The Morgan fingerprint density at radius 2 is 2.25 bits per heavy atom. The smallest absolute Gasteiger partial charge is 0.184 e. The molecule has 4 heteroatoms. The standard InChI is InChI=1S/C12H16O4/c1-8-5-6-15-12(16-8)9-3-4-10(13)11(7-9)14-2/h3-4,7-8,12-13H,5-6H2,1-2H3/t8-,12-/m1/s1. The summed E-state index contributed by atoms with van der Waals surface area (Å²) >= 11 is 0. The normalized spacial score (nSPS) is 25.4. The molecule has 0 saturated carbocycles. The summed E-state index contributed by atoms with van der Waals surface area (Å²) in [4.78, 5) is 0. The van der Waals surface area contributed by atoms with Crippen molar-refractivity contribution in [3.05, 3.63) is 23.8 Å². The van der Waals surface area contributed by atoms with Gasteiger partial charge in [0.25, 0.3) is 0 Å². The molecule has 16 heavy (non-hydrogen) atoms. The minimum absolute atomic E-state index is 0.120. The lowest BCUT2D eigenvalue weighted by Gasteiger charge is -2.28. The number of benzene rings is 1. The Morgan fingerprint density at radius 3 is 2.94 bits per heavy atom. The first-order chi connectivity index (χ1) is 7.70. The molecule has 0 spiro atoms. The molecule has 1 aromatic carbocycles. The minimum Gasteiger partial charge on any atom is -0.504 e. The first kappa shape index (κ1) is 11.2. The molecule has 2 atom stereocenters. The maximum Gasteiger partial charge on any atom is 0.184 e. The molecule has 1 aromatic rings. The number of phenolic OH excluding ortho intramolecular Hbond substituents is 1. The fraction of sp³-hybridized carbons (Fsp3) is 0.500. The molecule has 4 nitrogen and oxygen atoms in total. The number of ether oxygens (including phenoxy) is 3. The van der Waals surface area contributed by atoms with E-state index < -0.39 is 0 Å². The molecule has 0 bridgehead atoms. The van der Waals surface area contributed by atoms with Crippen LogP contribution in [0.15, 0.2) is 18.2 Å². The highest BCUT2D eigenvalue weighted by molar-refractivity contribution is 5.42. The molecule has 1 fully saturated rings. The first-order valence-electron chi connectivity index (χ1n) is 5.34. The molecule has 0 aromatic heterocycles. The van der Waals surface area contributed by atoms with Crippen LogP contribution in [0, 0.1) is 0 Å². The summed E-state index contributed by atoms with van der Waals surface area (Å²) in [5.74, 6) is 0.554. The zero-order valence-electron chi connectivity index (χ0n) is 9.47. The summed E-state index contributed by atoms with van der Waals surface area (Å²) in [5, 5.41) is 9.48. The maximum atomic E-state index is 9.48. The van der Waals surface area contributed by atoms with Gasteiger partial charge >= 0.3 is 0 Å². The van der Waals surface area contributed by atoms with Gasteiger partial charge in [-0.2, -0.15) is 0 Å². The van der Waals surface area contributed by atoms with Gasteiger partial charge in [-0.1, -0.05) is 6.07 Å². The van der Waals surface area contributed by atoms with Crippen molar-refractivity contribution in [3.8, 4) is 11.5 Å². The summed E-state index contributed by atoms with van der Waals surface area (Å²) < 4.78 is 16.2. The van der Waals surface area contributed by atoms with Gasteiger partial charge in [-0.15, -0.1) is 0 Å². The van der Waals surface area contributed by atoms with E-state index in [0.717, 1.165) is 12.0 Å². The third-order valence-electron chi connectivity index (χ3n) is 2.63. The predicted octanol–water partition coefficient (Wildman–Crippen LogP) is 2.22. The fourth-order valence-electron chi connectivity index (χ4n) is 1.67. The zero-order valence-corrected chi connectivity index (χ0v) is 9.47. The molecule has 0 amide bonds. The molecular formula is C12H16O4. The summed E-state index contributed by atoms with van der Waals surface area (Å²) in [6, 6.07) is 5.10. The van der Waals surface area contributed by atoms with E-state index in [0.29, 0.717) is 12.4 Å². The van der Waals surface area contributed by atoms with Gasteiger partial charge in [0.05, 0.1) is 19.8 Å². The Hall–Kier alpha value is -1.26. The molecule has 0 aliphatic carbocycles. The Kier molecular flexibility index (Phi) is 3.31. The lowest BCUT2D eigenvalue weighted by atomic mass is 10.1. The van der Waals surface area contributed by atoms with Gasteiger partial charge in [0.1, 0.15) is 0 Å². The van der Waals surface area contributed by atoms with Gasteiger partial charge in [-0.25, -0.2) is 0 Å². The SMILES string of the molecule is COc1cc([C@@H]2OCC[C@@H](C)O2)ccc1O. The van der Waals surface area contributed by atoms with E-state index in [1.165, 1.54) is 7.11 Å². The second-order valence-corrected chi connectivity index (χ2v) is 3.87. The number of methoxy groups -OCH3 is 1. The molecule has 88 valence electrons. The van der Waals surface area contributed by atoms with Gasteiger partial charge in [0, 0.05) is 5.56 Å². The third-order valence-corrected chi connectivity index (χ3v) is 2.63. The molecule has 1 heterocycles. The minimum atomic E-state index is -0.363. The lowest BCUT2D eigenvalue weighted by molar-refractivity contribution is -0.212. The van der Waals surface area contributed by atoms with Gasteiger partial charge < -0.3 is 19.3 Å². The van der Waals surface area contributed by atoms with Crippen molar-refractivity contribution < 1.29 is 19.3 Å². The molecule has 1 N–H and O–H groups in total. The number of phenols is 1. The van der Waals surface area contributed by atoms with Crippen LogP contribution in [0.2, 0.25) is 0 Å². The molecule has 1 saturated heterocycles. The van der Waals surface area contributed by atoms with Crippen molar-refractivity contribution in [1.82, 2.24) is 0 Å². The second kappa shape index (κ2) is 4.72. The van der Waals surface area contributed by atoms with E-state index in [1.807, 2.05) is 6.92 Å². The van der Waals surface area contributed by atoms with Gasteiger partial charge in [0.2, 0.25) is 0 Å². The van der Waals surface area contributed by atoms with Crippen LogP contribution in [0.3, 0.4) is 0 Å². The fourth-order valence-corrected chi connectivity index (χ4v) is 1.67. The van der Waals surface area contributed by atoms with E-state index in [-0.39, 0.29) is 18.1 Å². The lowest BCUT2D eigenvalue weighted by Crippen LogP contribution is -2.24. The van der Waals surface area contributed by atoms with Crippen molar-refractivity contribution in [2.75, 3.05) is 13.7 Å². The maximum absolute atomic E-state index is 9.48. The highest BCUT2D eigenvalue weighted by Gasteiger charge is 2.22. The number of hydrogen-bond donors (Lipinski definition) is 1. The highest BCUT2D eigenvalue weighted by Crippen LogP contribution is 2.32. The van der Waals surface area contributed by atoms with Crippen LogP contribution in [-0.4, -0.2) is 24.9 Å². The summed E-state index contributed by atoms with van der Waals surface area (Å²) in [7, 11) is 1.52. The quantitative estimate of drug-likeness (QED) is 0.836. The van der Waals surface area contributed by atoms with Crippen LogP contribution < -0.4 is 4.74 Å². The largest absolute Gasteiger partial charge is 0.504 e. The second-order valence-electron chi connectivity index (χ2n) is 3.87. The first-order valence-corrected chi connectivity index (χ1v) is 5.34. The topological polar surface area (TPSA) is 47.9 Å². The summed E-state index contributed by atoms with van der Waals surface area (Å²) in [5.41, 5.74) is 0.862. The molecule has 1 aliphatic heterocycles. The van der Waals surface area contributed by atoms with Crippen molar-refractivity contribution in [3.63, 3.8) is 0 Å². The van der Waals surface area contributed by atoms with E-state index in [4.69, 9.17) is 14.2 Å². The molecule has 0 radical (unpaired) electrons. The van der Waals surface area contributed by atoms with Crippen LogP contribution in [-0.2, 0) is 9.47 Å². The van der Waals surface area contributed by atoms with Gasteiger partial charge in [-0.3, -0.25) is 0 Å². The van der Waals surface area contributed by atoms with Gasteiger partial charge in [-0.05, 0) is 25.5 Å². The Morgan fingerprint density at radius 1 is 1.44 bits per heavy atom. The van der Waals surface area contributed by atoms with Crippen LogP contribution >= 0.6 is 0 Å². The van der Waals surface area contributed by atoms with E-state index in [9.17, 15) is 5.11 Å². The van der Waals surface area contributed by atoms with Crippen molar-refractivity contribution >= 4 is 0 Å². The number of aromatic hydroxyl groups is 1. The average molecular weight is 224 g/mol. The summed E-state index contributed by atoms with van der Waals surface area (Å²) in [6.45, 7) is 2.71. The van der Waals surface area contributed by atoms with Crippen LogP contribution in [0.25, 0.3) is 0 Å². The van der Waals surface area contributed by atoms with Crippen LogP contribution in [0.4, 0.5) is 0 Å². The van der Waals surface area contributed by atoms with E-state index in [2.05, 4.69) is 0 Å². The highest BCUT2D eigenvalue weighted by atomic mass is 16.7. The number of hydrogen-bond acceptors (Lipinski definition) is 4. The van der Waals surface area contributed by atoms with E-state index in [1.54, 1.807) is 18.2 Å². The van der Waals surface area contributed by atoms with Gasteiger partial charge in [0.15, 0.2) is 17.8 Å². The van der Waals surface area contributed by atoms with Crippen LogP contribution in [0.1, 0.15) is 25.2 Å². The Labute approximate surface area is 94.8 Å². The Balaban J connectivity index is 2.19. The molecular weight excluding hydrogens is 208 g/mol. The average Bonchev–Trinajstić information content (AvgIpc) is 2.29. The Bertz CT molecular complexity index is 364. The summed E-state index contributed by atoms with van der Waals surface area (Å²) in [6.07, 6.45) is 0.739. The molecule has 2 rings (SSSR count). The predicted molar refractivity (Wildman–Crippen MR) is 58.5 cm³/mol. The molecule has 0 unspecified atom stereocenters. The molecule has 1 aliphatic rings. The number of rotatable bonds is 2. The monoisotopic (exact) mass is 224 g/mol. The van der Waals surface area contributed by atoms with E-state index >= 15 is 0 Å². The van der Waals surface area contributed by atoms with Crippen molar-refractivity contribution in [2.24, 2.45) is 0 Å². The zero-order chi connectivity index (χ0) is 11.5.